The van der Waals surface area contributed by atoms with Gasteiger partial charge in [0.2, 0.25) is 0 Å². The standard InChI is InChI=1S/Cr.Na.2H2O.3O/h;;2*1H2;;;/q2*+1;;;;;-1/p-1. The molecule has 0 saturated carbocycles. The molecule has 0 amide bonds. The molecule has 0 aliphatic carbocycles. The molecular formula is H3CrNaO5. The molecule has 0 aromatic rings. The third-order valence-corrected chi connectivity index (χ3v) is 0. The second kappa shape index (κ2) is 5.16. The summed E-state index contributed by atoms with van der Waals surface area (Å²) in [5.41, 5.74) is 0. The van der Waals surface area contributed by atoms with E-state index in [4.69, 9.17) is 15.9 Å². The van der Waals surface area contributed by atoms with E-state index in [2.05, 4.69) is 0 Å². The zero-order chi connectivity index (χ0) is 4.50. The molecule has 0 rings (SSSR count). The Hall–Kier alpha value is 1.01. The molecule has 0 fully saturated rings. The molecular weight excluding hydrogens is 155 g/mol. The van der Waals surface area contributed by atoms with Gasteiger partial charge in [-0.15, -0.1) is 0 Å². The van der Waals surface area contributed by atoms with E-state index in [1.807, 2.05) is 0 Å². The van der Waals surface area contributed by atoms with Crippen molar-refractivity contribution < 1.29 is 64.6 Å². The molecule has 0 atom stereocenters. The molecule has 0 saturated heterocycles. The molecule has 0 heterocycles. The van der Waals surface area contributed by atoms with Gasteiger partial charge < -0.3 is 5.48 Å². The van der Waals surface area contributed by atoms with Crippen molar-refractivity contribution in [1.82, 2.24) is 0 Å². The Kier molecular flexibility index (Phi) is 11.5. The van der Waals surface area contributed by atoms with Crippen LogP contribution in [0.3, 0.4) is 0 Å². The second-order valence-corrected chi connectivity index (χ2v) is 1.76. The molecule has 0 spiro atoms. The first kappa shape index (κ1) is 15.7. The Balaban J connectivity index is -0.0000000800. The van der Waals surface area contributed by atoms with Crippen LogP contribution in [-0.2, 0) is 21.2 Å². The number of rotatable bonds is 0. The van der Waals surface area contributed by atoms with Gasteiger partial charge in [0.1, 0.15) is 0 Å². The quantitative estimate of drug-likeness (QED) is 0.354. The number of hydrogen-bond acceptors (Lipinski definition) is 3. The van der Waals surface area contributed by atoms with E-state index in [0.29, 0.717) is 0 Å². The predicted molar refractivity (Wildman–Crippen MR) is 7.21 cm³/mol. The fourth-order valence-corrected chi connectivity index (χ4v) is 0. The molecule has 0 unspecified atom stereocenters. The van der Waals surface area contributed by atoms with Crippen molar-refractivity contribution >= 4 is 0 Å². The number of hydrogen-bond donors (Lipinski definition) is 1. The van der Waals surface area contributed by atoms with Gasteiger partial charge in [0.25, 0.3) is 0 Å². The van der Waals surface area contributed by atoms with Gasteiger partial charge in [-0.05, 0) is 0 Å². The monoisotopic (exact) mass is 158 g/mol. The van der Waals surface area contributed by atoms with Gasteiger partial charge in [-0.1, -0.05) is 0 Å². The van der Waals surface area contributed by atoms with Crippen molar-refractivity contribution in [2.24, 2.45) is 0 Å². The van der Waals surface area contributed by atoms with E-state index in [1.165, 1.54) is 0 Å². The van der Waals surface area contributed by atoms with E-state index in [-0.39, 0.29) is 35.0 Å². The molecule has 0 aromatic heterocycles. The van der Waals surface area contributed by atoms with Crippen LogP contribution in [0.2, 0.25) is 0 Å². The van der Waals surface area contributed by atoms with Crippen LogP contribution in [0.4, 0.5) is 0 Å². The minimum atomic E-state index is -5.50. The van der Waals surface area contributed by atoms with Gasteiger partial charge >= 0.3 is 59.1 Å². The van der Waals surface area contributed by atoms with Crippen molar-refractivity contribution in [3.05, 3.63) is 0 Å². The van der Waals surface area contributed by atoms with Gasteiger partial charge in [-0.3, -0.25) is 0 Å². The Morgan fingerprint density at radius 2 is 1.43 bits per heavy atom. The van der Waals surface area contributed by atoms with Gasteiger partial charge in [-0.25, -0.2) is 0 Å². The molecule has 3 N–H and O–H groups in total. The maximum atomic E-state index is 8.70. The summed E-state index contributed by atoms with van der Waals surface area (Å²) in [6, 6.07) is 0. The maximum absolute atomic E-state index is 8.70. The van der Waals surface area contributed by atoms with Crippen molar-refractivity contribution in [2.75, 3.05) is 0 Å². The van der Waals surface area contributed by atoms with Gasteiger partial charge in [-0.2, -0.15) is 0 Å². The molecule has 7 heteroatoms. The third kappa shape index (κ3) is 172. The minimum absolute atomic E-state index is 0. The van der Waals surface area contributed by atoms with Crippen molar-refractivity contribution in [2.45, 2.75) is 0 Å². The van der Waals surface area contributed by atoms with Gasteiger partial charge in [0.15, 0.2) is 0 Å². The predicted octanol–water partition coefficient (Wildman–Crippen LogP) is -5.81. The van der Waals surface area contributed by atoms with Crippen LogP contribution in [0.15, 0.2) is 0 Å². The van der Waals surface area contributed by atoms with Crippen LogP contribution in [0, 0.1) is 0 Å². The summed E-state index contributed by atoms with van der Waals surface area (Å²) in [5, 5.41) is 0. The molecule has 0 aliphatic rings. The molecule has 0 bridgehead atoms. The summed E-state index contributed by atoms with van der Waals surface area (Å²) >= 11 is -5.50. The molecule has 5 nitrogen and oxygen atoms in total. The molecule has 7 heavy (non-hydrogen) atoms. The summed E-state index contributed by atoms with van der Waals surface area (Å²) in [6.45, 7) is 0. The normalized spacial score (nSPS) is 8.29. The SMILES string of the molecule is O.[Na+].[O]=[Cr](=[O])([O-])[OH]. The third-order valence-electron chi connectivity index (χ3n) is 0. The first-order valence-corrected chi connectivity index (χ1v) is 2.81. The first-order chi connectivity index (χ1) is 2.00. The van der Waals surface area contributed by atoms with E-state index < -0.39 is 13.6 Å². The molecule has 40 valence electrons. The van der Waals surface area contributed by atoms with Crippen LogP contribution >= 0.6 is 0 Å². The van der Waals surface area contributed by atoms with E-state index in [9.17, 15) is 0 Å². The summed E-state index contributed by atoms with van der Waals surface area (Å²) in [6.07, 6.45) is 0. The average Bonchev–Trinajstić information content (AvgIpc) is 0.722. The van der Waals surface area contributed by atoms with Crippen LogP contribution in [0.5, 0.6) is 0 Å². The zero-order valence-corrected chi connectivity index (χ0v) is 6.86. The second-order valence-electron chi connectivity index (χ2n) is 0.428. The van der Waals surface area contributed by atoms with Crippen LogP contribution in [-0.4, -0.2) is 9.63 Å². The van der Waals surface area contributed by atoms with Gasteiger partial charge in [0, 0.05) is 0 Å². The van der Waals surface area contributed by atoms with E-state index in [0.717, 1.165) is 0 Å². The Labute approximate surface area is 64.3 Å². The molecule has 0 aromatic carbocycles. The molecule has 0 radical (unpaired) electrons. The zero-order valence-electron chi connectivity index (χ0n) is 3.58. The van der Waals surface area contributed by atoms with Crippen molar-refractivity contribution in [3.63, 3.8) is 0 Å². The van der Waals surface area contributed by atoms with E-state index in [1.54, 1.807) is 0 Å². The topological polar surface area (TPSA) is 109 Å². The molecule has 0 aliphatic heterocycles. The summed E-state index contributed by atoms with van der Waals surface area (Å²) in [7, 11) is 0. The summed E-state index contributed by atoms with van der Waals surface area (Å²) < 4.78 is 33.1. The van der Waals surface area contributed by atoms with Crippen LogP contribution in [0.25, 0.3) is 0 Å². The van der Waals surface area contributed by atoms with Crippen LogP contribution < -0.4 is 33.7 Å². The Morgan fingerprint density at radius 3 is 1.43 bits per heavy atom. The average molecular weight is 158 g/mol. The first-order valence-electron chi connectivity index (χ1n) is 0.683. The summed E-state index contributed by atoms with van der Waals surface area (Å²) in [5.74, 6) is 0. The van der Waals surface area contributed by atoms with Crippen molar-refractivity contribution in [1.29, 1.82) is 0 Å². The summed E-state index contributed by atoms with van der Waals surface area (Å²) in [4.78, 5) is 0. The fraction of sp³-hybridized carbons (Fsp3) is 0. The van der Waals surface area contributed by atoms with Crippen LogP contribution in [0.1, 0.15) is 0 Å². The van der Waals surface area contributed by atoms with Gasteiger partial charge in [0.05, 0.1) is 0 Å². The Bertz CT molecular complexity index is 91.2. The fourth-order valence-electron chi connectivity index (χ4n) is 0. The van der Waals surface area contributed by atoms with Crippen molar-refractivity contribution in [3.8, 4) is 0 Å². The van der Waals surface area contributed by atoms with E-state index >= 15 is 0 Å². The Morgan fingerprint density at radius 1 is 1.43 bits per heavy atom.